The molecule has 1 fully saturated rings. The summed E-state index contributed by atoms with van der Waals surface area (Å²) in [4.78, 5) is -0.0471. The molecular weight excluding hydrogens is 307 g/mol. The van der Waals surface area contributed by atoms with Crippen molar-refractivity contribution in [1.82, 2.24) is 10.0 Å². The zero-order valence-corrected chi connectivity index (χ0v) is 12.7. The van der Waals surface area contributed by atoms with Gasteiger partial charge < -0.3 is 5.32 Å². The van der Waals surface area contributed by atoms with Gasteiger partial charge in [-0.25, -0.2) is 13.1 Å². The van der Waals surface area contributed by atoms with E-state index in [1.165, 1.54) is 12.1 Å². The van der Waals surface area contributed by atoms with Crippen molar-refractivity contribution in [1.29, 1.82) is 0 Å². The first kappa shape index (κ1) is 15.1. The second kappa shape index (κ2) is 6.41. The van der Waals surface area contributed by atoms with Gasteiger partial charge in [0.25, 0.3) is 0 Å². The van der Waals surface area contributed by atoms with Gasteiger partial charge in [-0.15, -0.1) is 0 Å². The van der Waals surface area contributed by atoms with Crippen molar-refractivity contribution >= 4 is 33.2 Å². The zero-order valence-electron chi connectivity index (χ0n) is 10.3. The van der Waals surface area contributed by atoms with E-state index in [0.717, 1.165) is 25.8 Å². The lowest BCUT2D eigenvalue weighted by atomic mass is 10.1. The molecule has 1 aromatic carbocycles. The lowest BCUT2D eigenvalue weighted by molar-refractivity contribution is 0.398. The molecule has 1 atom stereocenters. The van der Waals surface area contributed by atoms with E-state index in [1.807, 2.05) is 0 Å². The molecule has 2 N–H and O–H groups in total. The molecule has 1 heterocycles. The second-order valence-corrected chi connectivity index (χ2v) is 7.07. The highest BCUT2D eigenvalue weighted by Crippen LogP contribution is 2.28. The highest BCUT2D eigenvalue weighted by Gasteiger charge is 2.23. The van der Waals surface area contributed by atoms with Crippen LogP contribution in [0, 0.1) is 0 Å². The van der Waals surface area contributed by atoms with E-state index in [9.17, 15) is 8.42 Å². The SMILES string of the molecule is O=S(=O)(NCC1CCCCN1)c1c(Cl)cccc1Cl. The predicted molar refractivity (Wildman–Crippen MR) is 77.3 cm³/mol. The summed E-state index contributed by atoms with van der Waals surface area (Å²) < 4.78 is 27.0. The van der Waals surface area contributed by atoms with Gasteiger partial charge in [0.05, 0.1) is 10.0 Å². The van der Waals surface area contributed by atoms with Crippen molar-refractivity contribution in [2.24, 2.45) is 0 Å². The smallest absolute Gasteiger partial charge is 0.243 e. The number of sulfonamides is 1. The predicted octanol–water partition coefficient (Wildman–Crippen LogP) is 2.41. The molecule has 0 aliphatic carbocycles. The van der Waals surface area contributed by atoms with Crippen molar-refractivity contribution < 1.29 is 8.42 Å². The number of nitrogens with one attached hydrogen (secondary N) is 2. The molecule has 0 aromatic heterocycles. The van der Waals surface area contributed by atoms with Crippen LogP contribution in [0.5, 0.6) is 0 Å². The summed E-state index contributed by atoms with van der Waals surface area (Å²) in [5.74, 6) is 0. The molecule has 0 saturated carbocycles. The van der Waals surface area contributed by atoms with Crippen molar-refractivity contribution in [2.75, 3.05) is 13.1 Å². The minimum absolute atomic E-state index is 0.0471. The van der Waals surface area contributed by atoms with E-state index in [2.05, 4.69) is 10.0 Å². The largest absolute Gasteiger partial charge is 0.313 e. The Morgan fingerprint density at radius 1 is 1.26 bits per heavy atom. The fourth-order valence-corrected chi connectivity index (χ4v) is 4.34. The number of hydrogen-bond acceptors (Lipinski definition) is 3. The molecule has 0 amide bonds. The number of piperidine rings is 1. The maximum atomic E-state index is 12.2. The molecular formula is C12H16Cl2N2O2S. The van der Waals surface area contributed by atoms with Gasteiger partial charge in [-0.1, -0.05) is 35.7 Å². The number of hydrogen-bond donors (Lipinski definition) is 2. The van der Waals surface area contributed by atoms with Crippen molar-refractivity contribution in [3.63, 3.8) is 0 Å². The number of rotatable bonds is 4. The van der Waals surface area contributed by atoms with Gasteiger partial charge in [0.15, 0.2) is 0 Å². The molecule has 0 radical (unpaired) electrons. The van der Waals surface area contributed by atoms with Crippen molar-refractivity contribution in [2.45, 2.75) is 30.2 Å². The molecule has 1 aromatic rings. The lowest BCUT2D eigenvalue weighted by Crippen LogP contribution is -2.43. The van der Waals surface area contributed by atoms with E-state index < -0.39 is 10.0 Å². The first-order valence-electron chi connectivity index (χ1n) is 6.18. The van der Waals surface area contributed by atoms with Crippen LogP contribution in [0.2, 0.25) is 10.0 Å². The van der Waals surface area contributed by atoms with Crippen LogP contribution >= 0.6 is 23.2 Å². The standard InChI is InChI=1S/C12H16Cl2N2O2S/c13-10-5-3-6-11(14)12(10)19(17,18)16-8-9-4-1-2-7-15-9/h3,5-6,9,15-16H,1-2,4,7-8H2. The Balaban J connectivity index is 2.09. The Morgan fingerprint density at radius 2 is 1.95 bits per heavy atom. The van der Waals surface area contributed by atoms with Gasteiger partial charge >= 0.3 is 0 Å². The van der Waals surface area contributed by atoms with Crippen LogP contribution < -0.4 is 10.0 Å². The molecule has 106 valence electrons. The summed E-state index contributed by atoms with van der Waals surface area (Å²) in [5, 5.41) is 3.55. The Morgan fingerprint density at radius 3 is 2.53 bits per heavy atom. The van der Waals surface area contributed by atoms with Crippen LogP contribution in [0.1, 0.15) is 19.3 Å². The van der Waals surface area contributed by atoms with Crippen LogP contribution in [-0.4, -0.2) is 27.5 Å². The van der Waals surface area contributed by atoms with Crippen LogP contribution in [0.25, 0.3) is 0 Å². The topological polar surface area (TPSA) is 58.2 Å². The highest BCUT2D eigenvalue weighted by molar-refractivity contribution is 7.89. The molecule has 1 saturated heterocycles. The van der Waals surface area contributed by atoms with Crippen LogP contribution in [0.3, 0.4) is 0 Å². The average Bonchev–Trinajstić information content (AvgIpc) is 2.37. The minimum Gasteiger partial charge on any atom is -0.313 e. The van der Waals surface area contributed by atoms with Gasteiger partial charge in [0.2, 0.25) is 10.0 Å². The summed E-state index contributed by atoms with van der Waals surface area (Å²) >= 11 is 11.8. The first-order chi connectivity index (χ1) is 9.00. The minimum atomic E-state index is -3.67. The Bertz CT molecular complexity index is 522. The normalized spacial score (nSPS) is 20.4. The van der Waals surface area contributed by atoms with Gasteiger partial charge in [0, 0.05) is 12.6 Å². The molecule has 0 spiro atoms. The van der Waals surface area contributed by atoms with Gasteiger partial charge in [0.1, 0.15) is 4.90 Å². The Hall–Kier alpha value is -0.330. The molecule has 19 heavy (non-hydrogen) atoms. The third-order valence-corrected chi connectivity index (χ3v) is 5.50. The highest BCUT2D eigenvalue weighted by atomic mass is 35.5. The van der Waals surface area contributed by atoms with Crippen molar-refractivity contribution in [3.8, 4) is 0 Å². The summed E-state index contributed by atoms with van der Waals surface area (Å²) in [6.45, 7) is 1.28. The number of halogens is 2. The summed E-state index contributed by atoms with van der Waals surface area (Å²) in [7, 11) is -3.67. The third kappa shape index (κ3) is 3.83. The van der Waals surface area contributed by atoms with Crippen molar-refractivity contribution in [3.05, 3.63) is 28.2 Å². The Labute approximate surface area is 123 Å². The van der Waals surface area contributed by atoms with E-state index in [0.29, 0.717) is 6.54 Å². The third-order valence-electron chi connectivity index (χ3n) is 3.12. The summed E-state index contributed by atoms with van der Waals surface area (Å²) in [6, 6.07) is 4.82. The van der Waals surface area contributed by atoms with E-state index in [4.69, 9.17) is 23.2 Å². The molecule has 2 rings (SSSR count). The second-order valence-electron chi connectivity index (χ2n) is 4.55. The van der Waals surface area contributed by atoms with Crippen LogP contribution in [0.15, 0.2) is 23.1 Å². The number of benzene rings is 1. The lowest BCUT2D eigenvalue weighted by Gasteiger charge is -2.23. The first-order valence-corrected chi connectivity index (χ1v) is 8.41. The summed E-state index contributed by atoms with van der Waals surface area (Å²) in [5.41, 5.74) is 0. The fraction of sp³-hybridized carbons (Fsp3) is 0.500. The Kier molecular flexibility index (Phi) is 5.09. The van der Waals surface area contributed by atoms with Crippen LogP contribution in [-0.2, 0) is 10.0 Å². The van der Waals surface area contributed by atoms with Crippen LogP contribution in [0.4, 0.5) is 0 Å². The quantitative estimate of drug-likeness (QED) is 0.895. The maximum absolute atomic E-state index is 12.2. The average molecular weight is 323 g/mol. The van der Waals surface area contributed by atoms with Gasteiger partial charge in [-0.3, -0.25) is 0 Å². The van der Waals surface area contributed by atoms with E-state index in [-0.39, 0.29) is 21.0 Å². The maximum Gasteiger partial charge on any atom is 0.243 e. The molecule has 1 aliphatic heterocycles. The summed E-state index contributed by atoms with van der Waals surface area (Å²) in [6.07, 6.45) is 3.23. The molecule has 4 nitrogen and oxygen atoms in total. The van der Waals surface area contributed by atoms with Gasteiger partial charge in [-0.2, -0.15) is 0 Å². The monoisotopic (exact) mass is 322 g/mol. The molecule has 1 unspecified atom stereocenters. The molecule has 0 bridgehead atoms. The fourth-order valence-electron chi connectivity index (χ4n) is 2.12. The molecule has 1 aliphatic rings. The molecule has 7 heteroatoms. The van der Waals surface area contributed by atoms with Gasteiger partial charge in [-0.05, 0) is 31.5 Å². The zero-order chi connectivity index (χ0) is 13.9. The van der Waals surface area contributed by atoms with E-state index in [1.54, 1.807) is 6.07 Å². The van der Waals surface area contributed by atoms with E-state index >= 15 is 0 Å².